The summed E-state index contributed by atoms with van der Waals surface area (Å²) in [5.41, 5.74) is 1.54. The molecule has 0 bridgehead atoms. The maximum atomic E-state index is 14.9. The first-order chi connectivity index (χ1) is 14.5. The van der Waals surface area contributed by atoms with Crippen LogP contribution < -0.4 is 0 Å². The van der Waals surface area contributed by atoms with Gasteiger partial charge in [0.05, 0.1) is 0 Å². The number of hydrogen-bond donors (Lipinski definition) is 0. The van der Waals surface area contributed by atoms with E-state index in [1.807, 2.05) is 18.2 Å². The van der Waals surface area contributed by atoms with Crippen LogP contribution in [0.1, 0.15) is 38.2 Å². The van der Waals surface area contributed by atoms with Gasteiger partial charge in [-0.1, -0.05) is 68.1 Å². The van der Waals surface area contributed by atoms with E-state index in [4.69, 9.17) is 11.6 Å². The molecule has 30 heavy (non-hydrogen) atoms. The van der Waals surface area contributed by atoms with Crippen LogP contribution in [0.2, 0.25) is 5.02 Å². The summed E-state index contributed by atoms with van der Waals surface area (Å²) in [7, 11) is 0. The summed E-state index contributed by atoms with van der Waals surface area (Å²) in [4.78, 5) is 0. The molecule has 0 heterocycles. The van der Waals surface area contributed by atoms with Gasteiger partial charge in [-0.15, -0.1) is 0 Å². The summed E-state index contributed by atoms with van der Waals surface area (Å²) in [6, 6.07) is 15.4. The monoisotopic (exact) mass is 426 g/mol. The second kappa shape index (κ2) is 8.69. The Hall–Kier alpha value is -2.52. The molecular formula is C26H22ClF3. The number of unbranched alkanes of at least 4 members (excludes halogenated alkanes) is 3. The highest BCUT2D eigenvalue weighted by molar-refractivity contribution is 6.31. The first-order valence-electron chi connectivity index (χ1n) is 10.3. The van der Waals surface area contributed by atoms with Crippen LogP contribution in [0.5, 0.6) is 0 Å². The largest absolute Gasteiger partial charge is 0.206 e. The third kappa shape index (κ3) is 4.04. The average molecular weight is 427 g/mol. The first-order valence-corrected chi connectivity index (χ1v) is 10.7. The predicted octanol–water partition coefficient (Wildman–Crippen LogP) is 8.85. The molecule has 0 aliphatic carbocycles. The van der Waals surface area contributed by atoms with E-state index < -0.39 is 22.5 Å². The number of benzene rings is 4. The molecule has 0 nitrogen and oxygen atoms in total. The maximum absolute atomic E-state index is 14.9. The van der Waals surface area contributed by atoms with E-state index >= 15 is 0 Å². The summed E-state index contributed by atoms with van der Waals surface area (Å²) in [5, 5.41) is 3.03. The lowest BCUT2D eigenvalue weighted by atomic mass is 9.95. The Morgan fingerprint density at radius 2 is 1.40 bits per heavy atom. The van der Waals surface area contributed by atoms with Crippen LogP contribution in [0, 0.1) is 17.5 Å². The zero-order valence-corrected chi connectivity index (χ0v) is 17.5. The molecule has 0 aromatic heterocycles. The molecular weight excluding hydrogens is 405 g/mol. The van der Waals surface area contributed by atoms with Gasteiger partial charge in [-0.05, 0) is 69.8 Å². The standard InChI is InChI=1S/C26H22ClF3/c1-2-3-4-5-6-16-7-10-20-17(11-16)8-9-18-12-22(23(28)15-21(18)20)19-13-24(29)26(27)25(30)14-19/h7-15H,2-6H2,1H3. The Balaban J connectivity index is 1.74. The van der Waals surface area contributed by atoms with Crippen molar-refractivity contribution in [2.24, 2.45) is 0 Å². The Labute approximate surface area is 179 Å². The lowest BCUT2D eigenvalue weighted by molar-refractivity contribution is 0.584. The lowest BCUT2D eigenvalue weighted by Gasteiger charge is -2.11. The van der Waals surface area contributed by atoms with Gasteiger partial charge in [-0.3, -0.25) is 0 Å². The SMILES string of the molecule is CCCCCCc1ccc2c(ccc3cc(-c4cc(F)c(Cl)c(F)c4)c(F)cc32)c1. The van der Waals surface area contributed by atoms with Crippen molar-refractivity contribution in [2.75, 3.05) is 0 Å². The maximum Gasteiger partial charge on any atom is 0.145 e. The van der Waals surface area contributed by atoms with Crippen molar-refractivity contribution in [3.8, 4) is 11.1 Å². The van der Waals surface area contributed by atoms with Crippen molar-refractivity contribution >= 4 is 33.1 Å². The highest BCUT2D eigenvalue weighted by Gasteiger charge is 2.14. The molecule has 0 fully saturated rings. The normalized spacial score (nSPS) is 11.5. The van der Waals surface area contributed by atoms with Gasteiger partial charge in [0.2, 0.25) is 0 Å². The third-order valence-corrected chi connectivity index (χ3v) is 5.96. The molecule has 0 atom stereocenters. The molecule has 0 saturated carbocycles. The van der Waals surface area contributed by atoms with Gasteiger partial charge in [0.15, 0.2) is 0 Å². The van der Waals surface area contributed by atoms with E-state index in [2.05, 4.69) is 19.1 Å². The van der Waals surface area contributed by atoms with Crippen molar-refractivity contribution in [3.05, 3.63) is 82.6 Å². The Morgan fingerprint density at radius 1 is 0.700 bits per heavy atom. The fourth-order valence-electron chi connectivity index (χ4n) is 3.98. The summed E-state index contributed by atoms with van der Waals surface area (Å²) in [6.07, 6.45) is 5.90. The fraction of sp³-hybridized carbons (Fsp3) is 0.231. The highest BCUT2D eigenvalue weighted by atomic mass is 35.5. The Morgan fingerprint density at radius 3 is 2.10 bits per heavy atom. The minimum atomic E-state index is -0.906. The number of hydrogen-bond acceptors (Lipinski definition) is 0. The molecule has 0 amide bonds. The molecule has 0 spiro atoms. The zero-order chi connectivity index (χ0) is 21.3. The summed E-state index contributed by atoms with van der Waals surface area (Å²) in [6.45, 7) is 2.20. The van der Waals surface area contributed by atoms with Gasteiger partial charge in [-0.2, -0.15) is 0 Å². The van der Waals surface area contributed by atoms with Crippen LogP contribution in [0.4, 0.5) is 13.2 Å². The molecule has 4 heteroatoms. The third-order valence-electron chi connectivity index (χ3n) is 5.60. The smallest absolute Gasteiger partial charge is 0.145 e. The summed E-state index contributed by atoms with van der Waals surface area (Å²) >= 11 is 5.55. The van der Waals surface area contributed by atoms with E-state index in [-0.39, 0.29) is 11.1 Å². The molecule has 4 aromatic rings. The van der Waals surface area contributed by atoms with Crippen LogP contribution in [0.15, 0.2) is 54.6 Å². The number of rotatable bonds is 6. The molecule has 0 N–H and O–H groups in total. The van der Waals surface area contributed by atoms with E-state index in [0.29, 0.717) is 0 Å². The molecule has 0 unspecified atom stereocenters. The number of halogens is 4. The molecule has 0 aliphatic heterocycles. The van der Waals surface area contributed by atoms with Crippen LogP contribution in [-0.4, -0.2) is 0 Å². The minimum absolute atomic E-state index is 0.122. The average Bonchev–Trinajstić information content (AvgIpc) is 2.74. The molecule has 154 valence electrons. The summed E-state index contributed by atoms with van der Waals surface area (Å²) in [5.74, 6) is -2.34. The summed E-state index contributed by atoms with van der Waals surface area (Å²) < 4.78 is 42.6. The van der Waals surface area contributed by atoms with Gasteiger partial charge in [0.25, 0.3) is 0 Å². The fourth-order valence-corrected chi connectivity index (χ4v) is 4.09. The predicted molar refractivity (Wildman–Crippen MR) is 120 cm³/mol. The van der Waals surface area contributed by atoms with E-state index in [0.717, 1.165) is 40.1 Å². The van der Waals surface area contributed by atoms with Crippen molar-refractivity contribution in [2.45, 2.75) is 39.0 Å². The van der Waals surface area contributed by atoms with E-state index in [9.17, 15) is 13.2 Å². The topological polar surface area (TPSA) is 0 Å². The van der Waals surface area contributed by atoms with Gasteiger partial charge in [0.1, 0.15) is 22.5 Å². The van der Waals surface area contributed by atoms with Crippen molar-refractivity contribution in [1.82, 2.24) is 0 Å². The molecule has 0 saturated heterocycles. The molecule has 0 radical (unpaired) electrons. The molecule has 4 aromatic carbocycles. The van der Waals surface area contributed by atoms with Gasteiger partial charge >= 0.3 is 0 Å². The van der Waals surface area contributed by atoms with Gasteiger partial charge < -0.3 is 0 Å². The van der Waals surface area contributed by atoms with Crippen molar-refractivity contribution in [3.63, 3.8) is 0 Å². The Bertz CT molecular complexity index is 1210. The molecule has 0 aliphatic rings. The van der Waals surface area contributed by atoms with Crippen LogP contribution in [-0.2, 0) is 6.42 Å². The molecule has 4 rings (SSSR count). The second-order valence-corrected chi connectivity index (χ2v) is 8.12. The quantitative estimate of drug-likeness (QED) is 0.164. The first kappa shape index (κ1) is 20.7. The zero-order valence-electron chi connectivity index (χ0n) is 16.7. The van der Waals surface area contributed by atoms with Crippen LogP contribution >= 0.6 is 11.6 Å². The van der Waals surface area contributed by atoms with Crippen LogP contribution in [0.3, 0.4) is 0 Å². The van der Waals surface area contributed by atoms with E-state index in [1.165, 1.54) is 37.3 Å². The second-order valence-electron chi connectivity index (χ2n) is 7.74. The van der Waals surface area contributed by atoms with Crippen LogP contribution in [0.25, 0.3) is 32.7 Å². The van der Waals surface area contributed by atoms with Crippen molar-refractivity contribution in [1.29, 1.82) is 0 Å². The van der Waals surface area contributed by atoms with Crippen molar-refractivity contribution < 1.29 is 13.2 Å². The number of fused-ring (bicyclic) bond motifs is 3. The van der Waals surface area contributed by atoms with E-state index in [1.54, 1.807) is 6.07 Å². The number of aryl methyl sites for hydroxylation is 1. The van der Waals surface area contributed by atoms with Gasteiger partial charge in [-0.25, -0.2) is 13.2 Å². The highest BCUT2D eigenvalue weighted by Crippen LogP contribution is 2.34. The Kier molecular flexibility index (Phi) is 6.01. The van der Waals surface area contributed by atoms with Gasteiger partial charge in [0, 0.05) is 5.56 Å². The lowest BCUT2D eigenvalue weighted by Crippen LogP contribution is -1.91. The minimum Gasteiger partial charge on any atom is -0.206 e.